The van der Waals surface area contributed by atoms with E-state index in [1.807, 2.05) is 6.20 Å². The highest BCUT2D eigenvalue weighted by molar-refractivity contribution is 5.43. The lowest BCUT2D eigenvalue weighted by atomic mass is 10.3. The van der Waals surface area contributed by atoms with Crippen molar-refractivity contribution in [3.05, 3.63) is 12.4 Å². The van der Waals surface area contributed by atoms with Gasteiger partial charge in [-0.15, -0.1) is 0 Å². The Hall–Kier alpha value is -1.32. The van der Waals surface area contributed by atoms with Crippen LogP contribution in [0.1, 0.15) is 33.1 Å². The Balaban J connectivity index is 2.01. The molecule has 0 bridgehead atoms. The second kappa shape index (κ2) is 5.84. The molecule has 1 aromatic heterocycles. The zero-order valence-electron chi connectivity index (χ0n) is 10.8. The predicted octanol–water partition coefficient (Wildman–Crippen LogP) is 2.53. The van der Waals surface area contributed by atoms with Gasteiger partial charge in [0.25, 0.3) is 0 Å². The van der Waals surface area contributed by atoms with Gasteiger partial charge in [-0.1, -0.05) is 6.92 Å². The van der Waals surface area contributed by atoms with E-state index in [2.05, 4.69) is 34.0 Å². The van der Waals surface area contributed by atoms with Crippen LogP contribution in [-0.4, -0.2) is 29.6 Å². The molecule has 2 rings (SSSR count). The minimum absolute atomic E-state index is 0.879. The van der Waals surface area contributed by atoms with Crippen LogP contribution in [0.2, 0.25) is 0 Å². The summed E-state index contributed by atoms with van der Waals surface area (Å²) < 4.78 is 0. The van der Waals surface area contributed by atoms with Gasteiger partial charge < -0.3 is 10.2 Å². The molecule has 4 heteroatoms. The van der Waals surface area contributed by atoms with E-state index in [0.717, 1.165) is 43.6 Å². The second-order valence-corrected chi connectivity index (χ2v) is 4.67. The number of nitrogens with zero attached hydrogens (tertiary/aromatic N) is 3. The lowest BCUT2D eigenvalue weighted by Gasteiger charge is -2.21. The van der Waals surface area contributed by atoms with E-state index in [0.29, 0.717) is 0 Å². The zero-order valence-corrected chi connectivity index (χ0v) is 10.8. The molecule has 4 nitrogen and oxygen atoms in total. The summed E-state index contributed by atoms with van der Waals surface area (Å²) in [4.78, 5) is 11.2. The largest absolute Gasteiger partial charge is 0.369 e. The molecule has 0 saturated heterocycles. The summed E-state index contributed by atoms with van der Waals surface area (Å²) in [5, 5.41) is 3.28. The van der Waals surface area contributed by atoms with E-state index < -0.39 is 0 Å². The molecular formula is C13H22N4. The average molecular weight is 234 g/mol. The van der Waals surface area contributed by atoms with Gasteiger partial charge in [0.2, 0.25) is 0 Å². The Labute approximate surface area is 103 Å². The van der Waals surface area contributed by atoms with E-state index in [9.17, 15) is 0 Å². The number of aromatic nitrogens is 2. The van der Waals surface area contributed by atoms with Crippen LogP contribution in [0.5, 0.6) is 0 Å². The second-order valence-electron chi connectivity index (χ2n) is 4.67. The first-order valence-corrected chi connectivity index (χ1v) is 6.64. The Morgan fingerprint density at radius 1 is 1.35 bits per heavy atom. The summed E-state index contributed by atoms with van der Waals surface area (Å²) in [6, 6.07) is 0. The van der Waals surface area contributed by atoms with Crippen molar-refractivity contribution >= 4 is 11.6 Å². The first-order valence-electron chi connectivity index (χ1n) is 6.64. The van der Waals surface area contributed by atoms with Gasteiger partial charge in [-0.25, -0.2) is 4.98 Å². The van der Waals surface area contributed by atoms with Gasteiger partial charge in [-0.05, 0) is 32.1 Å². The molecule has 1 N–H and O–H groups in total. The summed E-state index contributed by atoms with van der Waals surface area (Å²) in [5.74, 6) is 2.77. The van der Waals surface area contributed by atoms with Crippen molar-refractivity contribution in [2.24, 2.45) is 5.92 Å². The third-order valence-electron chi connectivity index (χ3n) is 3.06. The van der Waals surface area contributed by atoms with Gasteiger partial charge in [0, 0.05) is 19.6 Å². The number of hydrogen-bond donors (Lipinski definition) is 1. The smallest absolute Gasteiger partial charge is 0.149 e. The van der Waals surface area contributed by atoms with Gasteiger partial charge in [0.1, 0.15) is 11.6 Å². The highest BCUT2D eigenvalue weighted by Crippen LogP contribution is 2.30. The quantitative estimate of drug-likeness (QED) is 0.787. The molecule has 0 aliphatic heterocycles. The Morgan fingerprint density at radius 3 is 2.82 bits per heavy atom. The lowest BCUT2D eigenvalue weighted by Crippen LogP contribution is -2.26. The fraction of sp³-hybridized carbons (Fsp3) is 0.692. The molecule has 0 unspecified atom stereocenters. The maximum Gasteiger partial charge on any atom is 0.149 e. The number of anilines is 2. The molecule has 1 heterocycles. The van der Waals surface area contributed by atoms with Crippen LogP contribution in [0.15, 0.2) is 12.4 Å². The highest BCUT2D eigenvalue weighted by Gasteiger charge is 2.24. The monoisotopic (exact) mass is 234 g/mol. The molecule has 0 amide bonds. The minimum Gasteiger partial charge on any atom is -0.369 e. The van der Waals surface area contributed by atoms with E-state index in [1.165, 1.54) is 12.8 Å². The predicted molar refractivity (Wildman–Crippen MR) is 71.4 cm³/mol. The molecule has 1 aliphatic carbocycles. The maximum absolute atomic E-state index is 4.61. The normalized spacial score (nSPS) is 14.7. The third-order valence-corrected chi connectivity index (χ3v) is 3.06. The Bertz CT molecular complexity index is 349. The molecule has 17 heavy (non-hydrogen) atoms. The fourth-order valence-electron chi connectivity index (χ4n) is 1.84. The summed E-state index contributed by atoms with van der Waals surface area (Å²) in [6.45, 7) is 7.41. The van der Waals surface area contributed by atoms with Crippen molar-refractivity contribution in [2.45, 2.75) is 33.1 Å². The summed E-state index contributed by atoms with van der Waals surface area (Å²) in [6.07, 6.45) is 7.51. The molecule has 94 valence electrons. The van der Waals surface area contributed by atoms with Crippen molar-refractivity contribution in [1.82, 2.24) is 9.97 Å². The molecule has 0 spiro atoms. The van der Waals surface area contributed by atoms with Gasteiger partial charge in [0.05, 0.1) is 12.4 Å². The van der Waals surface area contributed by atoms with Crippen LogP contribution in [-0.2, 0) is 0 Å². The molecule has 1 aromatic rings. The number of hydrogen-bond acceptors (Lipinski definition) is 4. The average Bonchev–Trinajstić information content (AvgIpc) is 3.18. The summed E-state index contributed by atoms with van der Waals surface area (Å²) in [7, 11) is 0. The van der Waals surface area contributed by atoms with Crippen molar-refractivity contribution in [1.29, 1.82) is 0 Å². The third kappa shape index (κ3) is 3.58. The van der Waals surface area contributed by atoms with E-state index >= 15 is 0 Å². The van der Waals surface area contributed by atoms with Crippen molar-refractivity contribution < 1.29 is 0 Å². The van der Waals surface area contributed by atoms with Gasteiger partial charge in [0.15, 0.2) is 0 Å². The van der Waals surface area contributed by atoms with Crippen molar-refractivity contribution in [3.63, 3.8) is 0 Å². The summed E-state index contributed by atoms with van der Waals surface area (Å²) >= 11 is 0. The topological polar surface area (TPSA) is 41.1 Å². The number of rotatable bonds is 7. The van der Waals surface area contributed by atoms with E-state index in [1.54, 1.807) is 6.20 Å². The first kappa shape index (κ1) is 12.1. The molecule has 1 saturated carbocycles. The Kier molecular flexibility index (Phi) is 4.18. The van der Waals surface area contributed by atoms with Crippen molar-refractivity contribution in [3.8, 4) is 0 Å². The van der Waals surface area contributed by atoms with Gasteiger partial charge in [-0.3, -0.25) is 4.98 Å². The van der Waals surface area contributed by atoms with Gasteiger partial charge >= 0.3 is 0 Å². The number of nitrogens with one attached hydrogen (secondary N) is 1. The van der Waals surface area contributed by atoms with Crippen LogP contribution < -0.4 is 10.2 Å². The minimum atomic E-state index is 0.879. The van der Waals surface area contributed by atoms with Crippen LogP contribution in [0.25, 0.3) is 0 Å². The highest BCUT2D eigenvalue weighted by atomic mass is 15.2. The van der Waals surface area contributed by atoms with E-state index in [4.69, 9.17) is 0 Å². The molecule has 0 atom stereocenters. The molecule has 0 aromatic carbocycles. The molecule has 1 aliphatic rings. The van der Waals surface area contributed by atoms with Crippen LogP contribution in [0, 0.1) is 5.92 Å². The molecular weight excluding hydrogens is 212 g/mol. The lowest BCUT2D eigenvalue weighted by molar-refractivity contribution is 0.730. The van der Waals surface area contributed by atoms with E-state index in [-0.39, 0.29) is 0 Å². The zero-order chi connectivity index (χ0) is 12.1. The van der Waals surface area contributed by atoms with Gasteiger partial charge in [-0.2, -0.15) is 0 Å². The Morgan fingerprint density at radius 2 is 2.18 bits per heavy atom. The SMILES string of the molecule is CCCNc1cncc(N(CC)CC2CC2)n1. The summed E-state index contributed by atoms with van der Waals surface area (Å²) in [5.41, 5.74) is 0. The first-order chi connectivity index (χ1) is 8.33. The fourth-order valence-corrected chi connectivity index (χ4v) is 1.84. The molecule has 0 radical (unpaired) electrons. The van der Waals surface area contributed by atoms with Crippen molar-refractivity contribution in [2.75, 3.05) is 29.9 Å². The standard InChI is InChI=1S/C13H22N4/c1-3-7-15-12-8-14-9-13(16-12)17(4-2)10-11-5-6-11/h8-9,11H,3-7,10H2,1-2H3,(H,15,16). The van der Waals surface area contributed by atoms with Crippen LogP contribution in [0.4, 0.5) is 11.6 Å². The molecule has 1 fully saturated rings. The van der Waals surface area contributed by atoms with Crippen LogP contribution >= 0.6 is 0 Å². The van der Waals surface area contributed by atoms with Crippen LogP contribution in [0.3, 0.4) is 0 Å². The maximum atomic E-state index is 4.61.